The molecule has 0 radical (unpaired) electrons. The Morgan fingerprint density at radius 3 is 2.21 bits per heavy atom. The second kappa shape index (κ2) is 9.94. The van der Waals surface area contributed by atoms with Crippen molar-refractivity contribution in [3.8, 4) is 11.3 Å². The lowest BCUT2D eigenvalue weighted by Crippen LogP contribution is -2.75. The summed E-state index contributed by atoms with van der Waals surface area (Å²) in [7, 11) is 1.81. The molecule has 4 aromatic carbocycles. The molecule has 2 bridgehead atoms. The highest BCUT2D eigenvalue weighted by Crippen LogP contribution is 2.73. The van der Waals surface area contributed by atoms with Gasteiger partial charge in [0.1, 0.15) is 6.10 Å². The third-order valence-corrected chi connectivity index (χ3v) is 15.9. The summed E-state index contributed by atoms with van der Waals surface area (Å²) >= 11 is 1.99. The number of aromatic nitrogens is 1. The van der Waals surface area contributed by atoms with E-state index in [1.54, 1.807) is 5.56 Å². The number of aliphatic hydroxyl groups is 1. The van der Waals surface area contributed by atoms with Crippen molar-refractivity contribution in [2.24, 2.45) is 0 Å². The monoisotopic (exact) mass is 706 g/mol. The number of thiophene rings is 1. The van der Waals surface area contributed by atoms with Gasteiger partial charge in [-0.1, -0.05) is 98.7 Å². The minimum absolute atomic E-state index is 0.0659. The Labute approximate surface area is 312 Å². The number of pyridine rings is 1. The van der Waals surface area contributed by atoms with E-state index in [2.05, 4.69) is 140 Å². The molecule has 3 heterocycles. The van der Waals surface area contributed by atoms with Gasteiger partial charge in [0, 0.05) is 45.2 Å². The van der Waals surface area contributed by atoms with Crippen LogP contribution in [0.4, 0.5) is 0 Å². The Kier molecular flexibility index (Phi) is 6.31. The summed E-state index contributed by atoms with van der Waals surface area (Å²) in [4.78, 5) is 0. The Hall–Kier alpha value is -3.57. The van der Waals surface area contributed by atoms with Gasteiger partial charge >= 0.3 is 0 Å². The highest BCUT2D eigenvalue weighted by molar-refractivity contribution is 7.26. The van der Waals surface area contributed by atoms with Gasteiger partial charge in [-0.25, -0.2) is 0 Å². The van der Waals surface area contributed by atoms with Crippen molar-refractivity contribution in [1.29, 1.82) is 0 Å². The lowest BCUT2D eigenvalue weighted by Gasteiger charge is -2.48. The number of benzene rings is 4. The van der Waals surface area contributed by atoms with Crippen molar-refractivity contribution in [3.63, 3.8) is 0 Å². The summed E-state index contributed by atoms with van der Waals surface area (Å²) in [6.45, 7) is 21.4. The summed E-state index contributed by atoms with van der Waals surface area (Å²) in [5.74, 6) is 0. The van der Waals surface area contributed by atoms with Gasteiger partial charge in [-0.05, 0) is 98.4 Å². The summed E-state index contributed by atoms with van der Waals surface area (Å²) in [5.41, 5.74) is 7.92. The van der Waals surface area contributed by atoms with E-state index >= 15 is 0 Å². The maximum Gasteiger partial charge on any atom is 0.221 e. The number of rotatable bonds is 3. The maximum absolute atomic E-state index is 12.2. The molecule has 4 aliphatic carbocycles. The molecule has 1 fully saturated rings. The van der Waals surface area contributed by atoms with Crippen molar-refractivity contribution >= 4 is 53.1 Å². The zero-order chi connectivity index (χ0) is 36.5. The lowest BCUT2D eigenvalue weighted by atomic mass is 9.58. The molecule has 0 amide bonds. The predicted octanol–water partition coefficient (Wildman–Crippen LogP) is 11.4. The standard InChI is InChI=1S/C48H52NO2S/c1-11-46-35-26-47(51-10,42(35)50)48(46,12-2)49-24-21-28-30(40(49)32-25-34(43(3,4)5)27-15-13-14-16-29(27)38(32)46)18-20-36-37(28)31-17-19-33-39(41(31)52-36)45(8,9)23-22-44(33,6)7/h13-21,24-26,42,50H,11-12,22-23H2,1-10H3/q+1. The number of ether oxygens (including phenoxy) is 1. The normalized spacial score (nSPS) is 28.1. The van der Waals surface area contributed by atoms with E-state index in [0.717, 1.165) is 18.4 Å². The van der Waals surface area contributed by atoms with Crippen LogP contribution in [0.5, 0.6) is 0 Å². The SMILES string of the molecule is CCC12C3=CC(OC)(C3O)C1(CC)[n+]1ccc3c(ccc4sc5c6c(ccc5c43)C(C)(C)CCC6(C)C)c1-c1cc(C(C)(C)C)c3ccccc3c12. The molecule has 0 spiro atoms. The Morgan fingerprint density at radius 2 is 1.54 bits per heavy atom. The highest BCUT2D eigenvalue weighted by atomic mass is 32.1. The predicted molar refractivity (Wildman–Crippen MR) is 218 cm³/mol. The fourth-order valence-electron chi connectivity index (χ4n) is 12.4. The third kappa shape index (κ3) is 3.42. The maximum atomic E-state index is 12.2. The molecule has 3 nitrogen and oxygen atoms in total. The second-order valence-corrected chi connectivity index (χ2v) is 19.8. The smallest absolute Gasteiger partial charge is 0.221 e. The Morgan fingerprint density at radius 1 is 0.827 bits per heavy atom. The van der Waals surface area contributed by atoms with Crippen LogP contribution in [-0.4, -0.2) is 23.9 Å². The Balaban J connectivity index is 1.40. The lowest BCUT2D eigenvalue weighted by molar-refractivity contribution is -0.777. The molecule has 4 atom stereocenters. The molecule has 1 N–H and O–H groups in total. The molecule has 11 rings (SSSR count). The molecule has 4 heteroatoms. The molecule has 5 aliphatic rings. The van der Waals surface area contributed by atoms with Crippen molar-refractivity contribution in [1.82, 2.24) is 0 Å². The van der Waals surface area contributed by atoms with E-state index in [4.69, 9.17) is 4.74 Å². The fraction of sp³-hybridized carbons (Fsp3) is 0.438. The van der Waals surface area contributed by atoms with E-state index in [9.17, 15) is 5.11 Å². The molecule has 2 aromatic heterocycles. The second-order valence-electron chi connectivity index (χ2n) is 18.8. The summed E-state index contributed by atoms with van der Waals surface area (Å²) in [6, 6.07) is 23.7. The molecular formula is C48H52NO2S+. The van der Waals surface area contributed by atoms with Crippen molar-refractivity contribution in [2.45, 2.75) is 127 Å². The minimum atomic E-state index is -0.821. The van der Waals surface area contributed by atoms with Crippen LogP contribution in [0.2, 0.25) is 0 Å². The van der Waals surface area contributed by atoms with E-state index in [0.29, 0.717) is 0 Å². The average molecular weight is 707 g/mol. The highest BCUT2D eigenvalue weighted by Gasteiger charge is 2.86. The molecule has 52 heavy (non-hydrogen) atoms. The van der Waals surface area contributed by atoms with Crippen LogP contribution in [0.25, 0.3) is 53.0 Å². The first-order chi connectivity index (χ1) is 24.6. The first-order valence-electron chi connectivity index (χ1n) is 19.6. The molecular weight excluding hydrogens is 655 g/mol. The van der Waals surface area contributed by atoms with Gasteiger partial charge < -0.3 is 9.84 Å². The zero-order valence-corrected chi connectivity index (χ0v) is 33.4. The van der Waals surface area contributed by atoms with Crippen LogP contribution >= 0.6 is 11.3 Å². The third-order valence-electron chi connectivity index (χ3n) is 14.8. The summed E-state index contributed by atoms with van der Waals surface area (Å²) < 4.78 is 12.0. The van der Waals surface area contributed by atoms with Crippen molar-refractivity contribution < 1.29 is 14.4 Å². The molecule has 1 aliphatic heterocycles. The molecule has 4 unspecified atom stereocenters. The van der Waals surface area contributed by atoms with Gasteiger partial charge in [-0.15, -0.1) is 11.3 Å². The van der Waals surface area contributed by atoms with Crippen LogP contribution < -0.4 is 4.57 Å². The molecule has 266 valence electrons. The van der Waals surface area contributed by atoms with Gasteiger partial charge in [-0.2, -0.15) is 4.57 Å². The molecule has 0 saturated heterocycles. The fourth-order valence-corrected chi connectivity index (χ4v) is 13.8. The van der Waals surface area contributed by atoms with Crippen molar-refractivity contribution in [2.75, 3.05) is 7.11 Å². The van der Waals surface area contributed by atoms with Crippen LogP contribution in [0.1, 0.15) is 110 Å². The topological polar surface area (TPSA) is 33.3 Å². The van der Waals surface area contributed by atoms with Gasteiger partial charge in [-0.3, -0.25) is 0 Å². The van der Waals surface area contributed by atoms with Gasteiger partial charge in [0.05, 0.1) is 16.4 Å². The van der Waals surface area contributed by atoms with E-state index in [1.165, 1.54) is 82.5 Å². The number of nitrogens with zero attached hydrogens (tertiary/aromatic N) is 1. The first kappa shape index (κ1) is 33.0. The van der Waals surface area contributed by atoms with Gasteiger partial charge in [0.15, 0.2) is 11.8 Å². The zero-order valence-electron chi connectivity index (χ0n) is 32.5. The largest absolute Gasteiger partial charge is 0.385 e. The van der Waals surface area contributed by atoms with Gasteiger partial charge in [0.2, 0.25) is 11.2 Å². The number of hydrogen-bond donors (Lipinski definition) is 1. The van der Waals surface area contributed by atoms with E-state index < -0.39 is 22.7 Å². The number of hydrogen-bond acceptors (Lipinski definition) is 3. The van der Waals surface area contributed by atoms with Crippen LogP contribution in [0, 0.1) is 0 Å². The summed E-state index contributed by atoms with van der Waals surface area (Å²) in [5, 5.41) is 20.2. The minimum Gasteiger partial charge on any atom is -0.385 e. The molecule has 6 aromatic rings. The van der Waals surface area contributed by atoms with Crippen LogP contribution in [0.3, 0.4) is 0 Å². The van der Waals surface area contributed by atoms with Crippen molar-refractivity contribution in [3.05, 3.63) is 101 Å². The van der Waals surface area contributed by atoms with Gasteiger partial charge in [0.25, 0.3) is 0 Å². The van der Waals surface area contributed by atoms with E-state index in [-0.39, 0.29) is 16.2 Å². The van der Waals surface area contributed by atoms with E-state index in [1.807, 2.05) is 18.4 Å². The summed E-state index contributed by atoms with van der Waals surface area (Å²) in [6.07, 6.45) is 8.12. The number of methoxy groups -OCH3 is 1. The average Bonchev–Trinajstić information content (AvgIpc) is 3.70. The van der Waals surface area contributed by atoms with Crippen LogP contribution in [-0.2, 0) is 31.9 Å². The Bertz CT molecular complexity index is 2620. The molecule has 1 saturated carbocycles. The number of fused-ring (bicyclic) bond motifs is 13. The van der Waals surface area contributed by atoms with Crippen LogP contribution in [0.15, 0.2) is 78.5 Å². The first-order valence-corrected chi connectivity index (χ1v) is 20.4. The quantitative estimate of drug-likeness (QED) is 0.147. The number of aliphatic hydroxyl groups excluding tert-OH is 1.